The molecule has 1 atom stereocenters. The molecule has 0 aromatic heterocycles. The first-order valence-corrected chi connectivity index (χ1v) is 3.75. The quantitative estimate of drug-likeness (QED) is 0.693. The Labute approximate surface area is 70.8 Å². The summed E-state index contributed by atoms with van der Waals surface area (Å²) in [7, 11) is 0. The minimum absolute atomic E-state index is 0.00787. The Kier molecular flexibility index (Phi) is 2.45. The number of rotatable bonds is 2. The molecular weight excluding hydrogens is 157 g/mol. The van der Waals surface area contributed by atoms with E-state index in [-0.39, 0.29) is 12.1 Å². The average molecular weight is 169 g/mol. The van der Waals surface area contributed by atoms with Gasteiger partial charge >= 0.3 is 0 Å². The van der Waals surface area contributed by atoms with Gasteiger partial charge < -0.3 is 10.8 Å². The Balaban J connectivity index is 3.10. The molecule has 0 amide bonds. The van der Waals surface area contributed by atoms with Gasteiger partial charge in [-0.2, -0.15) is 0 Å². The zero-order valence-electron chi connectivity index (χ0n) is 6.92. The van der Waals surface area contributed by atoms with Crippen LogP contribution in [0.3, 0.4) is 0 Å². The van der Waals surface area contributed by atoms with Crippen molar-refractivity contribution in [2.24, 2.45) is 5.73 Å². The molecule has 0 spiro atoms. The van der Waals surface area contributed by atoms with Crippen molar-refractivity contribution in [3.8, 4) is 0 Å². The van der Waals surface area contributed by atoms with E-state index in [1.54, 1.807) is 12.1 Å². The maximum atomic E-state index is 13.1. The number of hydrogen-bond acceptors (Lipinski definition) is 2. The standard InChI is InChI=1S/C9H12FNO/c1-9(12,6-11)7-4-2-3-5-8(7)10/h2-5,12H,6,11H2,1H3/t9-/m0/s1. The highest BCUT2D eigenvalue weighted by molar-refractivity contribution is 5.23. The lowest BCUT2D eigenvalue weighted by molar-refractivity contribution is 0.0629. The fourth-order valence-electron chi connectivity index (χ4n) is 1.01. The summed E-state index contributed by atoms with van der Waals surface area (Å²) >= 11 is 0. The van der Waals surface area contributed by atoms with E-state index in [9.17, 15) is 9.50 Å². The Morgan fingerprint density at radius 2 is 2.08 bits per heavy atom. The van der Waals surface area contributed by atoms with Crippen LogP contribution in [-0.4, -0.2) is 11.7 Å². The first kappa shape index (κ1) is 9.16. The molecule has 0 aliphatic rings. The zero-order valence-corrected chi connectivity index (χ0v) is 6.92. The van der Waals surface area contributed by atoms with Crippen LogP contribution in [0.25, 0.3) is 0 Å². The molecule has 3 heteroatoms. The summed E-state index contributed by atoms with van der Waals surface area (Å²) in [5.74, 6) is -0.423. The van der Waals surface area contributed by atoms with E-state index in [4.69, 9.17) is 5.73 Å². The van der Waals surface area contributed by atoms with Crippen molar-refractivity contribution < 1.29 is 9.50 Å². The molecule has 0 unspecified atom stereocenters. The number of aliphatic hydroxyl groups is 1. The van der Waals surface area contributed by atoms with Crippen molar-refractivity contribution in [2.45, 2.75) is 12.5 Å². The van der Waals surface area contributed by atoms with Gasteiger partial charge in [0.2, 0.25) is 0 Å². The summed E-state index contributed by atoms with van der Waals surface area (Å²) in [5.41, 5.74) is 4.26. The van der Waals surface area contributed by atoms with Crippen LogP contribution in [0, 0.1) is 5.82 Å². The zero-order chi connectivity index (χ0) is 9.19. The Bertz CT molecular complexity index is 273. The summed E-state index contributed by atoms with van der Waals surface area (Å²) < 4.78 is 13.1. The molecule has 12 heavy (non-hydrogen) atoms. The second-order valence-electron chi connectivity index (χ2n) is 2.96. The van der Waals surface area contributed by atoms with E-state index in [0.29, 0.717) is 0 Å². The van der Waals surface area contributed by atoms with Gasteiger partial charge in [-0.1, -0.05) is 18.2 Å². The predicted octanol–water partition coefficient (Wildman–Crippen LogP) is 0.992. The van der Waals surface area contributed by atoms with Gasteiger partial charge in [0, 0.05) is 12.1 Å². The van der Waals surface area contributed by atoms with Crippen molar-refractivity contribution >= 4 is 0 Å². The van der Waals surface area contributed by atoms with E-state index in [2.05, 4.69) is 0 Å². The van der Waals surface area contributed by atoms with E-state index < -0.39 is 11.4 Å². The summed E-state index contributed by atoms with van der Waals surface area (Å²) in [6.07, 6.45) is 0. The largest absolute Gasteiger partial charge is 0.384 e. The van der Waals surface area contributed by atoms with E-state index in [1.165, 1.54) is 19.1 Å². The lowest BCUT2D eigenvalue weighted by atomic mass is 9.96. The first-order valence-electron chi connectivity index (χ1n) is 3.75. The number of hydrogen-bond donors (Lipinski definition) is 2. The maximum absolute atomic E-state index is 13.1. The van der Waals surface area contributed by atoms with Gasteiger partial charge in [-0.25, -0.2) is 4.39 Å². The minimum atomic E-state index is -1.27. The second-order valence-corrected chi connectivity index (χ2v) is 2.96. The predicted molar refractivity (Wildman–Crippen MR) is 45.0 cm³/mol. The van der Waals surface area contributed by atoms with Gasteiger partial charge in [-0.05, 0) is 13.0 Å². The van der Waals surface area contributed by atoms with Crippen molar-refractivity contribution in [3.05, 3.63) is 35.6 Å². The van der Waals surface area contributed by atoms with Crippen molar-refractivity contribution in [1.29, 1.82) is 0 Å². The number of nitrogens with two attached hydrogens (primary N) is 1. The lowest BCUT2D eigenvalue weighted by Crippen LogP contribution is -2.32. The topological polar surface area (TPSA) is 46.2 Å². The highest BCUT2D eigenvalue weighted by atomic mass is 19.1. The fourth-order valence-corrected chi connectivity index (χ4v) is 1.01. The van der Waals surface area contributed by atoms with Gasteiger partial charge in [-0.3, -0.25) is 0 Å². The molecule has 1 aromatic carbocycles. The third-order valence-corrected chi connectivity index (χ3v) is 1.85. The molecule has 0 saturated carbocycles. The monoisotopic (exact) mass is 169 g/mol. The fraction of sp³-hybridized carbons (Fsp3) is 0.333. The van der Waals surface area contributed by atoms with E-state index in [0.717, 1.165) is 0 Å². The van der Waals surface area contributed by atoms with Gasteiger partial charge in [0.15, 0.2) is 0 Å². The molecule has 2 nitrogen and oxygen atoms in total. The summed E-state index contributed by atoms with van der Waals surface area (Å²) in [4.78, 5) is 0. The Morgan fingerprint density at radius 1 is 1.50 bits per heavy atom. The van der Waals surface area contributed by atoms with Crippen LogP contribution in [0.1, 0.15) is 12.5 Å². The van der Waals surface area contributed by atoms with E-state index >= 15 is 0 Å². The van der Waals surface area contributed by atoms with Crippen LogP contribution in [-0.2, 0) is 5.60 Å². The van der Waals surface area contributed by atoms with Crippen molar-refractivity contribution in [1.82, 2.24) is 0 Å². The molecule has 0 bridgehead atoms. The molecule has 0 aliphatic carbocycles. The van der Waals surface area contributed by atoms with Crippen LogP contribution >= 0.6 is 0 Å². The van der Waals surface area contributed by atoms with Crippen LogP contribution in [0.4, 0.5) is 4.39 Å². The maximum Gasteiger partial charge on any atom is 0.129 e. The number of halogens is 1. The average Bonchev–Trinajstić information content (AvgIpc) is 2.05. The van der Waals surface area contributed by atoms with Crippen LogP contribution < -0.4 is 5.73 Å². The molecule has 0 fully saturated rings. The molecule has 66 valence electrons. The van der Waals surface area contributed by atoms with Crippen molar-refractivity contribution in [3.63, 3.8) is 0 Å². The SMILES string of the molecule is C[C@](O)(CN)c1ccccc1F. The molecule has 1 rings (SSSR count). The molecule has 3 N–H and O–H groups in total. The Hall–Kier alpha value is -0.930. The summed E-state index contributed by atoms with van der Waals surface area (Å²) in [5, 5.41) is 9.61. The van der Waals surface area contributed by atoms with Gasteiger partial charge in [0.25, 0.3) is 0 Å². The molecule has 0 heterocycles. The third kappa shape index (κ3) is 1.62. The smallest absolute Gasteiger partial charge is 0.129 e. The van der Waals surface area contributed by atoms with Crippen LogP contribution in [0.2, 0.25) is 0 Å². The van der Waals surface area contributed by atoms with Gasteiger partial charge in [-0.15, -0.1) is 0 Å². The van der Waals surface area contributed by atoms with Crippen LogP contribution in [0.5, 0.6) is 0 Å². The normalized spacial score (nSPS) is 15.7. The van der Waals surface area contributed by atoms with Crippen molar-refractivity contribution in [2.75, 3.05) is 6.54 Å². The highest BCUT2D eigenvalue weighted by Crippen LogP contribution is 2.21. The molecular formula is C9H12FNO. The Morgan fingerprint density at radius 3 is 2.58 bits per heavy atom. The number of benzene rings is 1. The van der Waals surface area contributed by atoms with Crippen LogP contribution in [0.15, 0.2) is 24.3 Å². The molecule has 0 aliphatic heterocycles. The van der Waals surface area contributed by atoms with E-state index in [1.807, 2.05) is 0 Å². The molecule has 0 saturated heterocycles. The summed E-state index contributed by atoms with van der Waals surface area (Å²) in [6, 6.07) is 6.08. The first-order chi connectivity index (χ1) is 5.58. The minimum Gasteiger partial charge on any atom is -0.384 e. The lowest BCUT2D eigenvalue weighted by Gasteiger charge is -2.21. The summed E-state index contributed by atoms with van der Waals surface area (Å²) in [6.45, 7) is 1.50. The van der Waals surface area contributed by atoms with Gasteiger partial charge in [0.05, 0.1) is 0 Å². The van der Waals surface area contributed by atoms with Gasteiger partial charge in [0.1, 0.15) is 11.4 Å². The highest BCUT2D eigenvalue weighted by Gasteiger charge is 2.23. The third-order valence-electron chi connectivity index (χ3n) is 1.85. The molecule has 1 aromatic rings. The second kappa shape index (κ2) is 3.21. The molecule has 0 radical (unpaired) electrons.